The molecule has 0 spiro atoms. The lowest BCUT2D eigenvalue weighted by Crippen LogP contribution is -2.23. The smallest absolute Gasteiger partial charge is 0.433 e. The highest BCUT2D eigenvalue weighted by molar-refractivity contribution is 5.91. The number of halogens is 3. The summed E-state index contributed by atoms with van der Waals surface area (Å²) >= 11 is 0. The van der Waals surface area contributed by atoms with Gasteiger partial charge in [0.2, 0.25) is 0 Å². The summed E-state index contributed by atoms with van der Waals surface area (Å²) in [7, 11) is 0. The molecule has 5 aromatic rings. The van der Waals surface area contributed by atoms with Gasteiger partial charge >= 0.3 is 17.8 Å². The van der Waals surface area contributed by atoms with Crippen LogP contribution in [0.4, 0.5) is 13.2 Å². The fraction of sp³-hybridized carbons (Fsp3) is 0.115. The van der Waals surface area contributed by atoms with Crippen molar-refractivity contribution in [2.75, 3.05) is 0 Å². The van der Waals surface area contributed by atoms with E-state index >= 15 is 0 Å². The first-order valence-corrected chi connectivity index (χ1v) is 11.0. The van der Waals surface area contributed by atoms with Crippen molar-refractivity contribution in [1.29, 1.82) is 0 Å². The summed E-state index contributed by atoms with van der Waals surface area (Å²) in [6.07, 6.45) is -0.0294. The van der Waals surface area contributed by atoms with E-state index in [2.05, 4.69) is 15.1 Å². The molecule has 4 heterocycles. The third-order valence-electron chi connectivity index (χ3n) is 5.88. The van der Waals surface area contributed by atoms with Gasteiger partial charge < -0.3 is 5.11 Å². The third kappa shape index (κ3) is 4.46. The normalized spacial score (nSPS) is 11.7. The van der Waals surface area contributed by atoms with Crippen molar-refractivity contribution in [3.63, 3.8) is 0 Å². The van der Waals surface area contributed by atoms with Crippen LogP contribution in [0.2, 0.25) is 0 Å². The van der Waals surface area contributed by atoms with E-state index in [0.29, 0.717) is 17.3 Å². The van der Waals surface area contributed by atoms with Gasteiger partial charge in [-0.1, -0.05) is 35.9 Å². The number of nitrogens with zero attached hydrogens (tertiary/aromatic N) is 5. The molecular formula is C26H18F3N5O3. The molecule has 11 heteroatoms. The first kappa shape index (κ1) is 23.9. The van der Waals surface area contributed by atoms with Gasteiger partial charge in [0.15, 0.2) is 11.3 Å². The van der Waals surface area contributed by atoms with Crippen LogP contribution in [-0.2, 0) is 12.7 Å². The van der Waals surface area contributed by atoms with Crippen molar-refractivity contribution >= 4 is 11.6 Å². The van der Waals surface area contributed by atoms with Gasteiger partial charge in [0.25, 0.3) is 0 Å². The number of hydrogen-bond acceptors (Lipinski definition) is 5. The minimum absolute atomic E-state index is 0.0878. The number of fused-ring (bicyclic) bond motifs is 1. The Balaban J connectivity index is 1.69. The lowest BCUT2D eigenvalue weighted by molar-refractivity contribution is -0.141. The molecule has 0 unspecified atom stereocenters. The predicted octanol–water partition coefficient (Wildman–Crippen LogP) is 4.69. The zero-order chi connectivity index (χ0) is 26.3. The molecule has 0 radical (unpaired) electrons. The van der Waals surface area contributed by atoms with E-state index in [9.17, 15) is 27.9 Å². The van der Waals surface area contributed by atoms with Crippen LogP contribution >= 0.6 is 0 Å². The first-order valence-electron chi connectivity index (χ1n) is 11.0. The van der Waals surface area contributed by atoms with Crippen LogP contribution in [0.3, 0.4) is 0 Å². The van der Waals surface area contributed by atoms with E-state index in [1.54, 1.807) is 36.8 Å². The zero-order valence-corrected chi connectivity index (χ0v) is 19.3. The summed E-state index contributed by atoms with van der Waals surface area (Å²) in [6, 6.07) is 14.8. The van der Waals surface area contributed by atoms with Crippen LogP contribution in [0.5, 0.6) is 0 Å². The number of aryl methyl sites for hydroxylation is 1. The van der Waals surface area contributed by atoms with Crippen LogP contribution in [0.25, 0.3) is 27.9 Å². The summed E-state index contributed by atoms with van der Waals surface area (Å²) < 4.78 is 41.5. The molecule has 0 aliphatic rings. The average Bonchev–Trinajstić information content (AvgIpc) is 3.19. The molecule has 0 bridgehead atoms. The van der Waals surface area contributed by atoms with Crippen molar-refractivity contribution in [2.24, 2.45) is 0 Å². The van der Waals surface area contributed by atoms with Crippen molar-refractivity contribution in [3.8, 4) is 22.3 Å². The highest BCUT2D eigenvalue weighted by Gasteiger charge is 2.34. The Morgan fingerprint density at radius 1 is 0.973 bits per heavy atom. The maximum absolute atomic E-state index is 13.2. The van der Waals surface area contributed by atoms with Crippen molar-refractivity contribution in [1.82, 2.24) is 24.1 Å². The van der Waals surface area contributed by atoms with E-state index in [-0.39, 0.29) is 12.1 Å². The Bertz CT molecular complexity index is 1690. The Hall–Kier alpha value is -4.80. The standard InChI is InChI=1S/C26H18F3N5O3/c1-15-2-4-16(5-3-15)19-10-13-33-23(21(19)17-8-11-30-12-9-17)32-34(25(33)37)14-18-6-7-20(26(27,28)29)31-22(18)24(35)36/h2-13H,14H2,1H3,(H,35,36). The number of carboxylic acid groups (broad SMARTS) is 1. The Morgan fingerprint density at radius 3 is 2.32 bits per heavy atom. The molecule has 0 amide bonds. The SMILES string of the molecule is Cc1ccc(-c2ccn3c(=O)n(Cc4ccc(C(F)(F)F)nc4C(=O)O)nc3c2-c2ccncc2)cc1. The lowest BCUT2D eigenvalue weighted by atomic mass is 9.96. The Kier molecular flexibility index (Phi) is 5.82. The van der Waals surface area contributed by atoms with E-state index in [4.69, 9.17) is 0 Å². The molecule has 37 heavy (non-hydrogen) atoms. The second kappa shape index (κ2) is 9.01. The summed E-state index contributed by atoms with van der Waals surface area (Å²) in [6.45, 7) is 1.59. The minimum Gasteiger partial charge on any atom is -0.477 e. The van der Waals surface area contributed by atoms with Crippen LogP contribution in [0, 0.1) is 6.92 Å². The summed E-state index contributed by atoms with van der Waals surface area (Å²) in [5.74, 6) is -1.64. The molecule has 1 aromatic carbocycles. The lowest BCUT2D eigenvalue weighted by Gasteiger charge is -2.11. The number of benzene rings is 1. The van der Waals surface area contributed by atoms with Crippen molar-refractivity contribution in [2.45, 2.75) is 19.6 Å². The third-order valence-corrected chi connectivity index (χ3v) is 5.88. The number of hydrogen-bond donors (Lipinski definition) is 1. The van der Waals surface area contributed by atoms with Gasteiger partial charge in [-0.3, -0.25) is 4.98 Å². The quantitative estimate of drug-likeness (QED) is 0.372. The van der Waals surface area contributed by atoms with Gasteiger partial charge in [-0.05, 0) is 47.9 Å². The Morgan fingerprint density at radius 2 is 1.68 bits per heavy atom. The second-order valence-corrected chi connectivity index (χ2v) is 8.35. The van der Waals surface area contributed by atoms with E-state index in [0.717, 1.165) is 33.0 Å². The number of aromatic nitrogens is 5. The number of carboxylic acids is 1. The predicted molar refractivity (Wildman–Crippen MR) is 128 cm³/mol. The molecule has 0 aliphatic heterocycles. The number of pyridine rings is 3. The largest absolute Gasteiger partial charge is 0.477 e. The highest BCUT2D eigenvalue weighted by atomic mass is 19.4. The minimum atomic E-state index is -4.81. The van der Waals surface area contributed by atoms with Crippen LogP contribution in [0.1, 0.15) is 27.3 Å². The molecule has 8 nitrogen and oxygen atoms in total. The highest BCUT2D eigenvalue weighted by Crippen LogP contribution is 2.34. The Labute approximate surface area is 207 Å². The number of aromatic carboxylic acids is 1. The number of carbonyl (C=O) groups is 1. The fourth-order valence-electron chi connectivity index (χ4n) is 4.08. The molecule has 0 saturated carbocycles. The number of rotatable bonds is 5. The van der Waals surface area contributed by atoms with Crippen LogP contribution in [0.15, 0.2) is 78.0 Å². The molecule has 0 atom stereocenters. The van der Waals surface area contributed by atoms with Crippen LogP contribution < -0.4 is 5.69 Å². The van der Waals surface area contributed by atoms with Crippen LogP contribution in [-0.4, -0.2) is 35.2 Å². The van der Waals surface area contributed by atoms with E-state index in [1.807, 2.05) is 31.2 Å². The maximum Gasteiger partial charge on any atom is 0.433 e. The van der Waals surface area contributed by atoms with Gasteiger partial charge in [0.1, 0.15) is 5.69 Å². The number of alkyl halides is 3. The second-order valence-electron chi connectivity index (χ2n) is 8.35. The molecular weight excluding hydrogens is 487 g/mol. The molecule has 0 fully saturated rings. The molecule has 0 saturated heterocycles. The van der Waals surface area contributed by atoms with Gasteiger partial charge in [-0.2, -0.15) is 13.2 Å². The van der Waals surface area contributed by atoms with Crippen molar-refractivity contribution < 1.29 is 23.1 Å². The molecule has 0 aliphatic carbocycles. The van der Waals surface area contributed by atoms with Gasteiger partial charge in [0, 0.05) is 29.7 Å². The summed E-state index contributed by atoms with van der Waals surface area (Å²) in [4.78, 5) is 32.2. The average molecular weight is 505 g/mol. The molecule has 5 rings (SSSR count). The van der Waals surface area contributed by atoms with E-state index in [1.165, 1.54) is 4.40 Å². The summed E-state index contributed by atoms with van der Waals surface area (Å²) in [5, 5.41) is 13.9. The summed E-state index contributed by atoms with van der Waals surface area (Å²) in [5.41, 5.74) is 1.66. The monoisotopic (exact) mass is 505 g/mol. The van der Waals surface area contributed by atoms with Gasteiger partial charge in [-0.25, -0.2) is 23.7 Å². The van der Waals surface area contributed by atoms with Crippen molar-refractivity contribution in [3.05, 3.63) is 106 Å². The molecule has 4 aromatic heterocycles. The fourth-order valence-corrected chi connectivity index (χ4v) is 4.08. The van der Waals surface area contributed by atoms with Gasteiger partial charge in [-0.15, -0.1) is 5.10 Å². The maximum atomic E-state index is 13.2. The topological polar surface area (TPSA) is 102 Å². The zero-order valence-electron chi connectivity index (χ0n) is 19.3. The van der Waals surface area contributed by atoms with E-state index < -0.39 is 29.2 Å². The first-order chi connectivity index (χ1) is 17.6. The van der Waals surface area contributed by atoms with Gasteiger partial charge in [0.05, 0.1) is 6.54 Å². The molecule has 1 N–H and O–H groups in total. The molecule has 186 valence electrons.